The number of carbonyl (C=O) groups excluding carboxylic acids is 2. The highest BCUT2D eigenvalue weighted by Crippen LogP contribution is 2.41. The minimum absolute atomic E-state index is 0.134. The summed E-state index contributed by atoms with van der Waals surface area (Å²) in [6.45, 7) is 3.39. The number of aliphatic hydroxyl groups is 1. The topological polar surface area (TPSA) is 235 Å². The van der Waals surface area contributed by atoms with Crippen LogP contribution in [-0.2, 0) is 9.53 Å². The third-order valence-electron chi connectivity index (χ3n) is 6.92. The average Bonchev–Trinajstić information content (AvgIpc) is 3.08. The highest BCUT2D eigenvalue weighted by molar-refractivity contribution is 14.1. The smallest absolute Gasteiger partial charge is 0.337 e. The molecule has 2 amide bonds. The number of hydrazone groups is 1. The summed E-state index contributed by atoms with van der Waals surface area (Å²) in [5, 5.41) is 42.4. The second-order valence-corrected chi connectivity index (χ2v) is 11.4. The first-order valence-corrected chi connectivity index (χ1v) is 15.7. The van der Waals surface area contributed by atoms with Crippen LogP contribution in [0.1, 0.15) is 31.0 Å². The number of hydrogen-bond donors (Lipinski definition) is 4. The van der Waals surface area contributed by atoms with Crippen LogP contribution in [-0.4, -0.2) is 66.8 Å². The van der Waals surface area contributed by atoms with Gasteiger partial charge in [-0.1, -0.05) is 6.07 Å². The Kier molecular flexibility index (Phi) is 12.3. The van der Waals surface area contributed by atoms with Gasteiger partial charge in [0.1, 0.15) is 6.61 Å². The Labute approximate surface area is 297 Å². The molecule has 0 bridgehead atoms. The fraction of sp³-hybridized carbons (Fsp3) is 0.258. The maximum atomic E-state index is 12.5. The van der Waals surface area contributed by atoms with Crippen molar-refractivity contribution in [1.29, 1.82) is 0 Å². The number of non-ortho nitro benzene ring substituents is 1. The second-order valence-electron chi connectivity index (χ2n) is 10.2. The van der Waals surface area contributed by atoms with Crippen molar-refractivity contribution in [3.63, 3.8) is 0 Å². The van der Waals surface area contributed by atoms with Gasteiger partial charge in [-0.2, -0.15) is 5.10 Å². The van der Waals surface area contributed by atoms with Crippen molar-refractivity contribution >= 4 is 52.2 Å². The van der Waals surface area contributed by atoms with Gasteiger partial charge in [-0.05, 0) is 77.9 Å². The van der Waals surface area contributed by atoms with Gasteiger partial charge in [0.2, 0.25) is 5.75 Å². The van der Waals surface area contributed by atoms with Crippen LogP contribution in [0.2, 0.25) is 0 Å². The number of nitro groups is 2. The Morgan fingerprint density at radius 3 is 2.46 bits per heavy atom. The van der Waals surface area contributed by atoms with Crippen LogP contribution in [0.3, 0.4) is 0 Å². The number of hydrogen-bond acceptors (Lipinski definition) is 14. The molecule has 0 fully saturated rings. The molecule has 4 N–H and O–H groups in total. The first-order valence-electron chi connectivity index (χ1n) is 14.6. The fourth-order valence-corrected chi connectivity index (χ4v) is 5.43. The quantitative estimate of drug-likeness (QED) is 0.0416. The lowest BCUT2D eigenvalue weighted by Crippen LogP contribution is -2.45. The van der Waals surface area contributed by atoms with Gasteiger partial charge in [0.05, 0.1) is 58.1 Å². The van der Waals surface area contributed by atoms with E-state index >= 15 is 0 Å². The van der Waals surface area contributed by atoms with Gasteiger partial charge in [0, 0.05) is 11.8 Å². The molecule has 2 atom stereocenters. The zero-order valence-electron chi connectivity index (χ0n) is 26.9. The number of urea groups is 1. The highest BCUT2D eigenvalue weighted by atomic mass is 127. The Morgan fingerprint density at radius 2 is 1.80 bits per heavy atom. The molecule has 3 aromatic carbocycles. The molecule has 1 aliphatic heterocycles. The Morgan fingerprint density at radius 1 is 1.06 bits per heavy atom. The molecule has 19 heteroatoms. The van der Waals surface area contributed by atoms with Crippen LogP contribution in [0.25, 0.3) is 0 Å². The van der Waals surface area contributed by atoms with Crippen LogP contribution in [0.15, 0.2) is 64.9 Å². The van der Waals surface area contributed by atoms with Crippen molar-refractivity contribution in [1.82, 2.24) is 16.1 Å². The molecule has 0 saturated heterocycles. The number of nitro benzene ring substituents is 2. The lowest BCUT2D eigenvalue weighted by molar-refractivity contribution is -0.394. The van der Waals surface area contributed by atoms with E-state index in [2.05, 4.69) is 21.2 Å². The Bertz CT molecular complexity index is 1870. The number of amides is 2. The number of esters is 1. The molecule has 0 saturated carbocycles. The maximum absolute atomic E-state index is 12.5. The summed E-state index contributed by atoms with van der Waals surface area (Å²) in [5.74, 6) is 0.0766. The number of aliphatic hydroxyl groups excluding tert-OH is 1. The van der Waals surface area contributed by atoms with Gasteiger partial charge >= 0.3 is 17.7 Å². The summed E-state index contributed by atoms with van der Waals surface area (Å²) in [5.41, 5.74) is 3.10. The van der Waals surface area contributed by atoms with E-state index in [0.717, 1.165) is 18.2 Å². The number of halogens is 1. The summed E-state index contributed by atoms with van der Waals surface area (Å²) < 4.78 is 28.0. The van der Waals surface area contributed by atoms with Crippen LogP contribution in [0.4, 0.5) is 16.2 Å². The summed E-state index contributed by atoms with van der Waals surface area (Å²) in [6, 6.07) is 9.74. The van der Waals surface area contributed by atoms with Crippen molar-refractivity contribution < 1.29 is 48.2 Å². The second kappa shape index (κ2) is 16.6. The third kappa shape index (κ3) is 8.85. The van der Waals surface area contributed by atoms with Gasteiger partial charge in [-0.3, -0.25) is 25.7 Å². The molecule has 1 heterocycles. The molecule has 264 valence electrons. The van der Waals surface area contributed by atoms with Gasteiger partial charge < -0.3 is 39.4 Å². The van der Waals surface area contributed by atoms with Crippen LogP contribution in [0.5, 0.6) is 28.7 Å². The van der Waals surface area contributed by atoms with Crippen molar-refractivity contribution in [2.75, 3.05) is 27.4 Å². The zero-order valence-corrected chi connectivity index (χ0v) is 29.1. The molecule has 0 spiro atoms. The van der Waals surface area contributed by atoms with Crippen LogP contribution >= 0.6 is 22.6 Å². The molecule has 4 rings (SSSR count). The van der Waals surface area contributed by atoms with Crippen LogP contribution < -0.4 is 35.0 Å². The number of carbonyl (C=O) groups is 2. The molecule has 0 radical (unpaired) electrons. The van der Waals surface area contributed by atoms with Crippen LogP contribution in [0, 0.1) is 23.8 Å². The van der Waals surface area contributed by atoms with E-state index in [-0.39, 0.29) is 41.8 Å². The average molecular weight is 807 g/mol. The third-order valence-corrected chi connectivity index (χ3v) is 7.72. The molecule has 0 aliphatic carbocycles. The first-order chi connectivity index (χ1) is 23.9. The van der Waals surface area contributed by atoms with E-state index in [1.165, 1.54) is 26.5 Å². The lowest BCUT2D eigenvalue weighted by Gasteiger charge is -2.28. The van der Waals surface area contributed by atoms with Crippen molar-refractivity contribution in [2.24, 2.45) is 5.10 Å². The number of rotatable bonds is 15. The van der Waals surface area contributed by atoms with Crippen molar-refractivity contribution in [2.45, 2.75) is 26.1 Å². The number of ether oxygens (including phenoxy) is 5. The van der Waals surface area contributed by atoms with E-state index < -0.39 is 45.5 Å². The largest absolute Gasteiger partial charge is 0.493 e. The summed E-state index contributed by atoms with van der Waals surface area (Å²) >= 11 is 1.93. The van der Waals surface area contributed by atoms with Gasteiger partial charge in [0.25, 0.3) is 5.69 Å². The Balaban J connectivity index is 1.44. The predicted octanol–water partition coefficient (Wildman–Crippen LogP) is 4.43. The molecule has 0 unspecified atom stereocenters. The first kappa shape index (κ1) is 37.1. The van der Waals surface area contributed by atoms with E-state index in [1.807, 2.05) is 22.6 Å². The fourth-order valence-electron chi connectivity index (χ4n) is 4.69. The van der Waals surface area contributed by atoms with Gasteiger partial charge in [-0.25, -0.2) is 9.59 Å². The zero-order chi connectivity index (χ0) is 36.5. The van der Waals surface area contributed by atoms with E-state index in [1.54, 1.807) is 38.1 Å². The normalized spacial score (nSPS) is 14.7. The number of nitrogens with one attached hydrogen (secondary N) is 3. The Hall–Kier alpha value is -5.70. The maximum Gasteiger partial charge on any atom is 0.337 e. The monoisotopic (exact) mass is 806 g/mol. The predicted molar refractivity (Wildman–Crippen MR) is 185 cm³/mol. The minimum atomic E-state index is -1.27. The number of nitrogens with zero attached hydrogens (tertiary/aromatic N) is 3. The lowest BCUT2D eigenvalue weighted by atomic mass is 9.95. The van der Waals surface area contributed by atoms with E-state index in [0.29, 0.717) is 26.1 Å². The highest BCUT2D eigenvalue weighted by Gasteiger charge is 2.32. The standard InChI is InChI=1S/C31H31IN6O12/c1-5-48-24-12-18(28-27(30(40)47-4)16(2)34-31(41)35-28)6-8-23(24)49-15-26(39)36-33-14-17-10-20(32)29(25(11-17)46-3)50-22-9-7-19(37(42)43)13-21(22)38(44)45/h6-14,26,28,36,39H,5,15H2,1-4H3,(H2,34,35,41)/b33-14+/t26-,28-/m0/s1. The summed E-state index contributed by atoms with van der Waals surface area (Å²) in [6.07, 6.45) is 0.112. The SMILES string of the molecule is CCOc1cc([C@@H]2NC(=O)NC(C)=C2C(=O)OC)ccc1OC[C@H](O)N/N=C/c1cc(I)c(Oc2ccc([N+](=O)[O-])cc2[N+](=O)[O-])c(OC)c1. The van der Waals surface area contributed by atoms with Crippen molar-refractivity contribution in [3.8, 4) is 28.7 Å². The number of benzene rings is 3. The molecule has 50 heavy (non-hydrogen) atoms. The van der Waals surface area contributed by atoms with Crippen molar-refractivity contribution in [3.05, 3.63) is 94.7 Å². The summed E-state index contributed by atoms with van der Waals surface area (Å²) in [7, 11) is 2.61. The number of allylic oxidation sites excluding steroid dienone is 1. The van der Waals surface area contributed by atoms with Gasteiger partial charge in [0.15, 0.2) is 29.2 Å². The van der Waals surface area contributed by atoms with E-state index in [4.69, 9.17) is 23.7 Å². The molecule has 18 nitrogen and oxygen atoms in total. The number of methoxy groups -OCH3 is 2. The van der Waals surface area contributed by atoms with Gasteiger partial charge in [-0.15, -0.1) is 0 Å². The molecular formula is C31H31IN6O12. The van der Waals surface area contributed by atoms with E-state index in [9.17, 15) is 34.9 Å². The molecular weight excluding hydrogens is 775 g/mol. The molecule has 1 aliphatic rings. The summed E-state index contributed by atoms with van der Waals surface area (Å²) in [4.78, 5) is 45.7. The minimum Gasteiger partial charge on any atom is -0.493 e. The molecule has 3 aromatic rings. The molecule has 0 aromatic heterocycles.